The predicted molar refractivity (Wildman–Crippen MR) is 153 cm³/mol. The summed E-state index contributed by atoms with van der Waals surface area (Å²) in [7, 11) is -1.21. The Morgan fingerprint density at radius 2 is 1.87 bits per heavy atom. The number of anilines is 1. The van der Waals surface area contributed by atoms with Crippen LogP contribution in [0.15, 0.2) is 53.6 Å². The van der Waals surface area contributed by atoms with E-state index in [0.29, 0.717) is 52.6 Å². The van der Waals surface area contributed by atoms with Crippen molar-refractivity contribution in [1.82, 2.24) is 19.1 Å². The van der Waals surface area contributed by atoms with Crippen molar-refractivity contribution in [3.8, 4) is 22.6 Å². The molecule has 0 amide bonds. The molecule has 0 saturated heterocycles. The van der Waals surface area contributed by atoms with Gasteiger partial charge in [0, 0.05) is 39.2 Å². The molecule has 10 heteroatoms. The van der Waals surface area contributed by atoms with Crippen molar-refractivity contribution in [2.75, 3.05) is 12.3 Å². The number of carboxylic acids is 1. The molecule has 0 fully saturated rings. The van der Waals surface area contributed by atoms with E-state index in [4.69, 9.17) is 15.5 Å². The van der Waals surface area contributed by atoms with Gasteiger partial charge in [-0.05, 0) is 37.6 Å². The number of nitrogens with two attached hydrogens (primary N) is 1. The van der Waals surface area contributed by atoms with E-state index in [1.807, 2.05) is 28.2 Å². The largest absolute Gasteiger partial charge is 0.481 e. The number of imidazole rings is 1. The lowest BCUT2D eigenvalue weighted by Crippen LogP contribution is -2.22. The molecule has 3 N–H and O–H groups in total. The van der Waals surface area contributed by atoms with Crippen molar-refractivity contribution >= 4 is 30.9 Å². The minimum absolute atomic E-state index is 0.235. The summed E-state index contributed by atoms with van der Waals surface area (Å²) in [6, 6.07) is 11.9. The van der Waals surface area contributed by atoms with E-state index in [1.165, 1.54) is 0 Å². The summed E-state index contributed by atoms with van der Waals surface area (Å²) in [6.07, 6.45) is 3.44. The zero-order valence-corrected chi connectivity index (χ0v) is 23.6. The first-order valence-corrected chi connectivity index (χ1v) is 16.5. The first kappa shape index (κ1) is 27.3. The summed E-state index contributed by atoms with van der Waals surface area (Å²) in [5.41, 5.74) is 9.36. The van der Waals surface area contributed by atoms with Gasteiger partial charge in [-0.3, -0.25) is 9.59 Å². The fourth-order valence-corrected chi connectivity index (χ4v) is 5.05. The van der Waals surface area contributed by atoms with Crippen LogP contribution in [0.5, 0.6) is 0 Å². The number of carbonyl (C=O) groups is 1. The molecule has 0 radical (unpaired) electrons. The maximum atomic E-state index is 13.7. The highest BCUT2D eigenvalue weighted by molar-refractivity contribution is 6.76. The summed E-state index contributed by atoms with van der Waals surface area (Å²) in [4.78, 5) is 34.2. The highest BCUT2D eigenvalue weighted by atomic mass is 28.3. The third-order valence-corrected chi connectivity index (χ3v) is 8.41. The van der Waals surface area contributed by atoms with Gasteiger partial charge in [0.25, 0.3) is 0 Å². The quantitative estimate of drug-likeness (QED) is 0.216. The summed E-state index contributed by atoms with van der Waals surface area (Å²) < 4.78 is 9.54. The van der Waals surface area contributed by atoms with Crippen LogP contribution in [0.2, 0.25) is 25.7 Å². The number of benzene rings is 1. The maximum Gasteiger partial charge on any atom is 0.310 e. The molecule has 0 bridgehead atoms. The second kappa shape index (κ2) is 10.9. The number of pyridine rings is 2. The summed E-state index contributed by atoms with van der Waals surface area (Å²) in [5, 5.41) is 9.72. The fourth-order valence-electron chi connectivity index (χ4n) is 4.30. The van der Waals surface area contributed by atoms with E-state index in [1.54, 1.807) is 43.6 Å². The Hall–Kier alpha value is -3.76. The number of nitrogen functional groups attached to an aromatic ring is 1. The molecule has 200 valence electrons. The number of aromatic nitrogens is 4. The number of hydrogen-bond acceptors (Lipinski definition) is 6. The highest BCUT2D eigenvalue weighted by Crippen LogP contribution is 2.28. The average molecular weight is 534 g/mol. The molecule has 1 atom stereocenters. The summed E-state index contributed by atoms with van der Waals surface area (Å²) >= 11 is 0. The van der Waals surface area contributed by atoms with Crippen molar-refractivity contribution in [2.24, 2.45) is 0 Å². The van der Waals surface area contributed by atoms with Crippen molar-refractivity contribution in [1.29, 1.82) is 0 Å². The van der Waals surface area contributed by atoms with Crippen LogP contribution in [-0.2, 0) is 22.8 Å². The third kappa shape index (κ3) is 5.56. The lowest BCUT2D eigenvalue weighted by molar-refractivity contribution is -0.138. The highest BCUT2D eigenvalue weighted by Gasteiger charge is 2.21. The van der Waals surface area contributed by atoms with Crippen LogP contribution in [0, 0.1) is 0 Å². The Balaban J connectivity index is 1.72. The second-order valence-electron chi connectivity index (χ2n) is 10.7. The van der Waals surface area contributed by atoms with Gasteiger partial charge in [-0.2, -0.15) is 0 Å². The molecule has 0 aliphatic heterocycles. The van der Waals surface area contributed by atoms with Crippen molar-refractivity contribution < 1.29 is 14.6 Å². The zero-order chi connectivity index (χ0) is 27.6. The lowest BCUT2D eigenvalue weighted by atomic mass is 9.99. The van der Waals surface area contributed by atoms with E-state index in [-0.39, 0.29) is 12.2 Å². The molecule has 4 rings (SSSR count). The van der Waals surface area contributed by atoms with E-state index in [0.717, 1.165) is 11.6 Å². The minimum atomic E-state index is -1.21. The summed E-state index contributed by atoms with van der Waals surface area (Å²) in [5.74, 6) is -0.708. The Kier molecular flexibility index (Phi) is 7.84. The van der Waals surface area contributed by atoms with Gasteiger partial charge in [-0.25, -0.2) is 9.97 Å². The fraction of sp³-hybridized carbons (Fsp3) is 0.357. The van der Waals surface area contributed by atoms with Crippen LogP contribution in [-0.4, -0.2) is 44.9 Å². The third-order valence-electron chi connectivity index (χ3n) is 6.71. The van der Waals surface area contributed by atoms with Gasteiger partial charge in [0.05, 0.1) is 17.0 Å². The number of aliphatic carboxylic acids is 1. The Morgan fingerprint density at radius 3 is 2.50 bits per heavy atom. The monoisotopic (exact) mass is 533 g/mol. The van der Waals surface area contributed by atoms with Crippen LogP contribution in [0.4, 0.5) is 5.82 Å². The number of rotatable bonds is 10. The molecule has 3 aromatic heterocycles. The van der Waals surface area contributed by atoms with E-state index in [2.05, 4.69) is 24.6 Å². The van der Waals surface area contributed by atoms with E-state index in [9.17, 15) is 14.7 Å². The maximum absolute atomic E-state index is 13.7. The molecule has 4 aromatic rings. The van der Waals surface area contributed by atoms with Crippen LogP contribution in [0.25, 0.3) is 33.7 Å². The average Bonchev–Trinajstić information content (AvgIpc) is 3.33. The molecule has 3 heterocycles. The van der Waals surface area contributed by atoms with Gasteiger partial charge in [0.1, 0.15) is 29.6 Å². The van der Waals surface area contributed by atoms with Crippen molar-refractivity contribution in [2.45, 2.75) is 58.7 Å². The van der Waals surface area contributed by atoms with E-state index >= 15 is 0 Å². The standard InChI is InChI=1S/C28H35N5O4Si/c1-6-33-25(29)23(27-30-13-14-32(27)17-37-15-16-38(3,4)5)24(34)21-11-12-22(31-26(21)33)20-9-7-19(8-10-20)18(2)28(35)36/h7-14,18H,6,15-17,29H2,1-5H3,(H,35,36). The number of aryl methyl sites for hydroxylation is 1. The summed E-state index contributed by atoms with van der Waals surface area (Å²) in [6.45, 7) is 12.0. The Bertz CT molecular complexity index is 1520. The molecular weight excluding hydrogens is 498 g/mol. The van der Waals surface area contributed by atoms with Gasteiger partial charge in [-0.15, -0.1) is 0 Å². The zero-order valence-electron chi connectivity index (χ0n) is 22.6. The molecule has 38 heavy (non-hydrogen) atoms. The normalized spacial score (nSPS) is 12.7. The van der Waals surface area contributed by atoms with E-state index < -0.39 is 20.0 Å². The van der Waals surface area contributed by atoms with Crippen LogP contribution in [0.3, 0.4) is 0 Å². The molecule has 0 spiro atoms. The first-order valence-electron chi connectivity index (χ1n) is 12.8. The van der Waals surface area contributed by atoms with Crippen LogP contribution >= 0.6 is 0 Å². The number of ether oxygens (including phenoxy) is 1. The molecule has 0 aliphatic carbocycles. The van der Waals surface area contributed by atoms with Gasteiger partial charge < -0.3 is 24.7 Å². The van der Waals surface area contributed by atoms with Crippen LogP contribution in [0.1, 0.15) is 25.3 Å². The topological polar surface area (TPSA) is 125 Å². The van der Waals surface area contributed by atoms with Crippen molar-refractivity contribution in [3.63, 3.8) is 0 Å². The first-order chi connectivity index (χ1) is 18.0. The van der Waals surface area contributed by atoms with Crippen LogP contribution < -0.4 is 11.2 Å². The van der Waals surface area contributed by atoms with Crippen molar-refractivity contribution in [3.05, 3.63) is 64.6 Å². The molecule has 1 unspecified atom stereocenters. The Morgan fingerprint density at radius 1 is 1.16 bits per heavy atom. The van der Waals surface area contributed by atoms with Gasteiger partial charge >= 0.3 is 5.97 Å². The number of fused-ring (bicyclic) bond motifs is 1. The molecule has 1 aromatic carbocycles. The molecule has 0 saturated carbocycles. The number of carboxylic acid groups (broad SMARTS) is 1. The van der Waals surface area contributed by atoms with Gasteiger partial charge in [0.15, 0.2) is 0 Å². The van der Waals surface area contributed by atoms with Gasteiger partial charge in [0.2, 0.25) is 5.43 Å². The Labute approximate surface area is 222 Å². The minimum Gasteiger partial charge on any atom is -0.481 e. The van der Waals surface area contributed by atoms with Gasteiger partial charge in [-0.1, -0.05) is 43.9 Å². The number of hydrogen-bond donors (Lipinski definition) is 2. The second-order valence-corrected chi connectivity index (χ2v) is 16.3. The molecule has 0 aliphatic rings. The molecule has 9 nitrogen and oxygen atoms in total. The SMILES string of the molecule is CCn1c(N)c(-c2nccn2COCC[Si](C)(C)C)c(=O)c2ccc(-c3ccc(C(C)C(=O)O)cc3)nc21. The molecular formula is C28H35N5O4Si. The predicted octanol–water partition coefficient (Wildman–Crippen LogP) is 5.03. The smallest absolute Gasteiger partial charge is 0.310 e. The number of nitrogens with zero attached hydrogens (tertiary/aromatic N) is 4. The lowest BCUT2D eigenvalue weighted by Gasteiger charge is -2.18.